The molecule has 1 N–H and O–H groups in total. The lowest BCUT2D eigenvalue weighted by Gasteiger charge is -2.17. The van der Waals surface area contributed by atoms with Gasteiger partial charge in [0.15, 0.2) is 5.75 Å². The van der Waals surface area contributed by atoms with Crippen molar-refractivity contribution in [2.24, 2.45) is 0 Å². The van der Waals surface area contributed by atoms with Crippen LogP contribution in [-0.4, -0.2) is 12.0 Å². The van der Waals surface area contributed by atoms with Crippen LogP contribution in [0, 0.1) is 10.1 Å². The molecular weight excluding hydrogens is 292 g/mol. The smallest absolute Gasteiger partial charge is 0.311 e. The summed E-state index contributed by atoms with van der Waals surface area (Å²) in [6, 6.07) is 12.2. The van der Waals surface area contributed by atoms with Crippen molar-refractivity contribution in [3.05, 3.63) is 63.2 Å². The van der Waals surface area contributed by atoms with E-state index in [0.29, 0.717) is 5.02 Å². The third-order valence-corrected chi connectivity index (χ3v) is 3.48. The maximum Gasteiger partial charge on any atom is 0.311 e. The number of hydrogen-bond donors (Lipinski definition) is 1. The van der Waals surface area contributed by atoms with Crippen molar-refractivity contribution in [1.29, 1.82) is 0 Å². The van der Waals surface area contributed by atoms with Gasteiger partial charge in [-0.05, 0) is 24.6 Å². The lowest BCUT2D eigenvalue weighted by molar-refractivity contribution is -0.385. The number of nitrogens with zero attached hydrogens (tertiary/aromatic N) is 1. The zero-order valence-corrected chi connectivity index (χ0v) is 12.4. The molecule has 2 aromatic carbocycles. The van der Waals surface area contributed by atoms with Crippen molar-refractivity contribution in [2.75, 3.05) is 12.4 Å². The van der Waals surface area contributed by atoms with Gasteiger partial charge in [-0.25, -0.2) is 0 Å². The van der Waals surface area contributed by atoms with Crippen LogP contribution in [0.4, 0.5) is 11.4 Å². The average molecular weight is 307 g/mol. The van der Waals surface area contributed by atoms with Crippen molar-refractivity contribution in [2.45, 2.75) is 13.0 Å². The molecular formula is C15H15ClN2O3. The summed E-state index contributed by atoms with van der Waals surface area (Å²) in [5.74, 6) is 0.219. The Bertz CT molecular complexity index is 661. The zero-order chi connectivity index (χ0) is 15.4. The fraction of sp³-hybridized carbons (Fsp3) is 0.200. The van der Waals surface area contributed by atoms with Crippen LogP contribution in [0.3, 0.4) is 0 Å². The second-order valence-electron chi connectivity index (χ2n) is 4.53. The molecule has 110 valence electrons. The van der Waals surface area contributed by atoms with Gasteiger partial charge in [0.2, 0.25) is 0 Å². The maximum absolute atomic E-state index is 10.9. The van der Waals surface area contributed by atoms with Gasteiger partial charge < -0.3 is 10.1 Å². The highest BCUT2D eigenvalue weighted by atomic mass is 35.5. The molecule has 1 atom stereocenters. The second kappa shape index (κ2) is 6.45. The van der Waals surface area contributed by atoms with Crippen LogP contribution in [0.25, 0.3) is 0 Å². The summed E-state index contributed by atoms with van der Waals surface area (Å²) >= 11 is 6.16. The first-order valence-electron chi connectivity index (χ1n) is 6.36. The molecule has 0 heterocycles. The Morgan fingerprint density at radius 1 is 1.29 bits per heavy atom. The summed E-state index contributed by atoms with van der Waals surface area (Å²) in [6.07, 6.45) is 0. The molecule has 0 saturated carbocycles. The number of nitro groups is 1. The molecule has 0 fully saturated rings. The first kappa shape index (κ1) is 15.1. The molecule has 0 bridgehead atoms. The minimum atomic E-state index is -0.472. The Labute approximate surface area is 127 Å². The van der Waals surface area contributed by atoms with E-state index in [1.165, 1.54) is 13.2 Å². The average Bonchev–Trinajstić information content (AvgIpc) is 2.47. The number of halogens is 1. The number of ether oxygens (including phenoxy) is 1. The number of methoxy groups -OCH3 is 1. The number of rotatable bonds is 5. The van der Waals surface area contributed by atoms with E-state index in [1.54, 1.807) is 12.1 Å². The summed E-state index contributed by atoms with van der Waals surface area (Å²) in [6.45, 7) is 1.97. The Kier molecular flexibility index (Phi) is 4.65. The van der Waals surface area contributed by atoms with Gasteiger partial charge >= 0.3 is 5.69 Å². The van der Waals surface area contributed by atoms with Gasteiger partial charge in [-0.2, -0.15) is 0 Å². The molecule has 0 saturated heterocycles. The topological polar surface area (TPSA) is 64.4 Å². The Hall–Kier alpha value is -2.27. The standard InChI is InChI=1S/C15H15ClN2O3/c1-10(12-5-3-4-6-13(12)16)17-11-7-8-14(18(19)20)15(9-11)21-2/h3-10,17H,1-2H3. The van der Waals surface area contributed by atoms with Gasteiger partial charge in [0, 0.05) is 28.9 Å². The zero-order valence-electron chi connectivity index (χ0n) is 11.7. The summed E-state index contributed by atoms with van der Waals surface area (Å²) in [7, 11) is 1.41. The highest BCUT2D eigenvalue weighted by Crippen LogP contribution is 2.32. The lowest BCUT2D eigenvalue weighted by Crippen LogP contribution is -2.07. The fourth-order valence-electron chi connectivity index (χ4n) is 2.07. The molecule has 0 aromatic heterocycles. The van der Waals surface area contributed by atoms with E-state index in [9.17, 15) is 10.1 Å². The number of benzene rings is 2. The van der Waals surface area contributed by atoms with Gasteiger partial charge in [0.05, 0.1) is 12.0 Å². The molecule has 0 radical (unpaired) electrons. The summed E-state index contributed by atoms with van der Waals surface area (Å²) in [5.41, 5.74) is 1.62. The van der Waals surface area contributed by atoms with Crippen LogP contribution in [0.15, 0.2) is 42.5 Å². The minimum absolute atomic E-state index is 0.0372. The number of nitrogens with one attached hydrogen (secondary N) is 1. The summed E-state index contributed by atoms with van der Waals surface area (Å²) in [5, 5.41) is 14.8. The Balaban J connectivity index is 2.24. The third-order valence-electron chi connectivity index (χ3n) is 3.13. The Morgan fingerprint density at radius 2 is 2.00 bits per heavy atom. The normalized spacial score (nSPS) is 11.8. The molecule has 0 spiro atoms. The molecule has 0 amide bonds. The first-order chi connectivity index (χ1) is 10.0. The molecule has 2 rings (SSSR count). The minimum Gasteiger partial charge on any atom is -0.490 e. The van der Waals surface area contributed by atoms with E-state index in [0.717, 1.165) is 11.3 Å². The van der Waals surface area contributed by atoms with Gasteiger partial charge in [-0.3, -0.25) is 10.1 Å². The predicted octanol–water partition coefficient (Wildman–Crippen LogP) is 4.43. The first-order valence-corrected chi connectivity index (χ1v) is 6.74. The van der Waals surface area contributed by atoms with Gasteiger partial charge in [-0.15, -0.1) is 0 Å². The van der Waals surface area contributed by atoms with Crippen LogP contribution in [0.1, 0.15) is 18.5 Å². The van der Waals surface area contributed by atoms with Crippen LogP contribution in [0.5, 0.6) is 5.75 Å². The van der Waals surface area contributed by atoms with E-state index in [1.807, 2.05) is 31.2 Å². The van der Waals surface area contributed by atoms with Crippen molar-refractivity contribution in [1.82, 2.24) is 0 Å². The van der Waals surface area contributed by atoms with Crippen molar-refractivity contribution in [3.63, 3.8) is 0 Å². The van der Waals surface area contributed by atoms with Gasteiger partial charge in [-0.1, -0.05) is 29.8 Å². The molecule has 2 aromatic rings. The molecule has 5 nitrogen and oxygen atoms in total. The van der Waals surface area contributed by atoms with E-state index in [4.69, 9.17) is 16.3 Å². The summed E-state index contributed by atoms with van der Waals surface area (Å²) < 4.78 is 5.05. The van der Waals surface area contributed by atoms with E-state index < -0.39 is 4.92 Å². The van der Waals surface area contributed by atoms with Crippen molar-refractivity contribution in [3.8, 4) is 5.75 Å². The largest absolute Gasteiger partial charge is 0.490 e. The molecule has 1 unspecified atom stereocenters. The quantitative estimate of drug-likeness (QED) is 0.655. The molecule has 0 aliphatic heterocycles. The van der Waals surface area contributed by atoms with Crippen LogP contribution in [-0.2, 0) is 0 Å². The highest BCUT2D eigenvalue weighted by Gasteiger charge is 2.16. The predicted molar refractivity (Wildman–Crippen MR) is 83.1 cm³/mol. The molecule has 0 aliphatic rings. The second-order valence-corrected chi connectivity index (χ2v) is 4.94. The van der Waals surface area contributed by atoms with Crippen LogP contribution in [0.2, 0.25) is 5.02 Å². The number of nitro benzene ring substituents is 1. The number of anilines is 1. The monoisotopic (exact) mass is 306 g/mol. The maximum atomic E-state index is 10.9. The number of hydrogen-bond acceptors (Lipinski definition) is 4. The van der Waals surface area contributed by atoms with E-state index >= 15 is 0 Å². The molecule has 21 heavy (non-hydrogen) atoms. The van der Waals surface area contributed by atoms with E-state index in [-0.39, 0.29) is 17.5 Å². The third kappa shape index (κ3) is 3.44. The molecule has 6 heteroatoms. The van der Waals surface area contributed by atoms with Crippen molar-refractivity contribution >= 4 is 23.0 Å². The summed E-state index contributed by atoms with van der Waals surface area (Å²) in [4.78, 5) is 10.4. The lowest BCUT2D eigenvalue weighted by atomic mass is 10.1. The Morgan fingerprint density at radius 3 is 2.62 bits per heavy atom. The van der Waals surface area contributed by atoms with Crippen LogP contribution < -0.4 is 10.1 Å². The van der Waals surface area contributed by atoms with Crippen molar-refractivity contribution < 1.29 is 9.66 Å². The van der Waals surface area contributed by atoms with Gasteiger partial charge in [0.25, 0.3) is 0 Å². The van der Waals surface area contributed by atoms with Crippen LogP contribution >= 0.6 is 11.6 Å². The molecule has 0 aliphatic carbocycles. The fourth-order valence-corrected chi connectivity index (χ4v) is 2.37. The van der Waals surface area contributed by atoms with Gasteiger partial charge in [0.1, 0.15) is 0 Å². The SMILES string of the molecule is COc1cc(NC(C)c2ccccc2Cl)ccc1[N+](=O)[O-]. The highest BCUT2D eigenvalue weighted by molar-refractivity contribution is 6.31. The van der Waals surface area contributed by atoms with E-state index in [2.05, 4.69) is 5.32 Å².